The van der Waals surface area contributed by atoms with Gasteiger partial charge in [-0.25, -0.2) is 13.1 Å². The van der Waals surface area contributed by atoms with Gasteiger partial charge in [0.15, 0.2) is 0 Å². The highest BCUT2D eigenvalue weighted by Crippen LogP contribution is 2.36. The maximum Gasteiger partial charge on any atom is 0.446 e. The van der Waals surface area contributed by atoms with Crippen LogP contribution in [0.1, 0.15) is 0 Å². The Hall–Kier alpha value is -0.810. The Labute approximate surface area is 131 Å². The third-order valence-corrected chi connectivity index (χ3v) is 4.66. The molecule has 1 aromatic rings. The van der Waals surface area contributed by atoms with Gasteiger partial charge in [-0.05, 0) is 36.0 Å². The normalized spacial score (nSPS) is 12.5. The van der Waals surface area contributed by atoms with Crippen LogP contribution in [0.15, 0.2) is 34.1 Å². The number of ether oxygens (including phenoxy) is 1. The number of sulfonamides is 1. The lowest BCUT2D eigenvalue weighted by molar-refractivity contribution is -0.0328. The summed E-state index contributed by atoms with van der Waals surface area (Å²) in [6, 6.07) is 4.55. The Balaban J connectivity index is 2.51. The lowest BCUT2D eigenvalue weighted by atomic mass is 10.4. The summed E-state index contributed by atoms with van der Waals surface area (Å²) in [6.07, 6.45) is 0. The summed E-state index contributed by atoms with van der Waals surface area (Å²) in [7, 11) is -2.16. The first-order chi connectivity index (χ1) is 10.2. The molecule has 0 unspecified atom stereocenters. The largest absolute Gasteiger partial charge is 0.446 e. The van der Waals surface area contributed by atoms with Crippen LogP contribution < -0.4 is 10.0 Å². The van der Waals surface area contributed by atoms with Crippen molar-refractivity contribution in [2.45, 2.75) is 15.3 Å². The Morgan fingerprint density at radius 3 is 2.32 bits per heavy atom. The van der Waals surface area contributed by atoms with Crippen molar-refractivity contribution in [3.63, 3.8) is 0 Å². The number of hydrogen-bond acceptors (Lipinski definition) is 5. The van der Waals surface area contributed by atoms with Crippen LogP contribution in [0.4, 0.5) is 13.2 Å². The molecule has 1 aromatic carbocycles. The van der Waals surface area contributed by atoms with Crippen LogP contribution in [0.3, 0.4) is 0 Å². The van der Waals surface area contributed by atoms with Crippen LogP contribution in [-0.2, 0) is 14.8 Å². The molecule has 22 heavy (non-hydrogen) atoms. The van der Waals surface area contributed by atoms with E-state index in [0.717, 1.165) is 24.3 Å². The molecule has 0 saturated heterocycles. The SMILES string of the molecule is COCCNCCNS(=O)(=O)c1ccc(SC(F)(F)F)cc1. The summed E-state index contributed by atoms with van der Waals surface area (Å²) in [5, 5.41) is 2.96. The molecule has 0 radical (unpaired) electrons. The number of thioether (sulfide) groups is 1. The van der Waals surface area contributed by atoms with E-state index < -0.39 is 15.5 Å². The fraction of sp³-hybridized carbons (Fsp3) is 0.500. The second-order valence-electron chi connectivity index (χ2n) is 4.16. The lowest BCUT2D eigenvalue weighted by Crippen LogP contribution is -2.33. The predicted molar refractivity (Wildman–Crippen MR) is 78.3 cm³/mol. The summed E-state index contributed by atoms with van der Waals surface area (Å²) in [5.74, 6) is 0. The van der Waals surface area contributed by atoms with E-state index >= 15 is 0 Å². The van der Waals surface area contributed by atoms with Gasteiger partial charge in [0, 0.05) is 31.6 Å². The second kappa shape index (κ2) is 8.73. The van der Waals surface area contributed by atoms with Crippen LogP contribution >= 0.6 is 11.8 Å². The van der Waals surface area contributed by atoms with Crippen LogP contribution in [-0.4, -0.2) is 47.3 Å². The van der Waals surface area contributed by atoms with Crippen molar-refractivity contribution in [1.29, 1.82) is 0 Å². The minimum absolute atomic E-state index is 0.0623. The van der Waals surface area contributed by atoms with E-state index in [1.807, 2.05) is 0 Å². The number of rotatable bonds is 9. The van der Waals surface area contributed by atoms with Crippen molar-refractivity contribution in [1.82, 2.24) is 10.0 Å². The topological polar surface area (TPSA) is 67.4 Å². The summed E-state index contributed by atoms with van der Waals surface area (Å²) in [5.41, 5.74) is -4.40. The molecule has 0 spiro atoms. The number of halogens is 3. The standard InChI is InChI=1S/C12H17F3N2O3S2/c1-20-9-8-16-6-7-17-22(18,19)11-4-2-10(3-5-11)21-12(13,14)15/h2-5,16-17H,6-9H2,1H3. The van der Waals surface area contributed by atoms with Crippen LogP contribution in [0.25, 0.3) is 0 Å². The average Bonchev–Trinajstić information content (AvgIpc) is 2.41. The van der Waals surface area contributed by atoms with Gasteiger partial charge in [-0.15, -0.1) is 0 Å². The molecule has 0 aliphatic carbocycles. The molecule has 0 fully saturated rings. The molecule has 10 heteroatoms. The smallest absolute Gasteiger partial charge is 0.383 e. The monoisotopic (exact) mass is 358 g/mol. The zero-order chi connectivity index (χ0) is 16.6. The first kappa shape index (κ1) is 19.2. The van der Waals surface area contributed by atoms with E-state index in [4.69, 9.17) is 4.74 Å². The summed E-state index contributed by atoms with van der Waals surface area (Å²) in [4.78, 5) is -0.136. The number of methoxy groups -OCH3 is 1. The molecular weight excluding hydrogens is 341 g/mol. The molecule has 0 saturated carbocycles. The highest BCUT2D eigenvalue weighted by molar-refractivity contribution is 8.00. The minimum atomic E-state index is -4.40. The summed E-state index contributed by atoms with van der Waals surface area (Å²) in [6.45, 7) is 1.71. The predicted octanol–water partition coefficient (Wildman–Crippen LogP) is 1.81. The van der Waals surface area contributed by atoms with Crippen molar-refractivity contribution in [3.05, 3.63) is 24.3 Å². The van der Waals surface area contributed by atoms with Crippen LogP contribution in [0.2, 0.25) is 0 Å². The van der Waals surface area contributed by atoms with Gasteiger partial charge in [0.2, 0.25) is 10.0 Å². The molecular formula is C12H17F3N2O3S2. The second-order valence-corrected chi connectivity index (χ2v) is 7.07. The van der Waals surface area contributed by atoms with E-state index in [1.165, 1.54) is 0 Å². The highest BCUT2D eigenvalue weighted by Gasteiger charge is 2.29. The Morgan fingerprint density at radius 2 is 1.77 bits per heavy atom. The summed E-state index contributed by atoms with van der Waals surface area (Å²) >= 11 is -0.288. The van der Waals surface area contributed by atoms with Crippen molar-refractivity contribution in [3.8, 4) is 0 Å². The van der Waals surface area contributed by atoms with E-state index in [9.17, 15) is 21.6 Å². The van der Waals surface area contributed by atoms with Gasteiger partial charge >= 0.3 is 5.51 Å². The Bertz CT molecular complexity index is 548. The lowest BCUT2D eigenvalue weighted by Gasteiger charge is -2.09. The van der Waals surface area contributed by atoms with Crippen molar-refractivity contribution in [2.24, 2.45) is 0 Å². The van der Waals surface area contributed by atoms with Gasteiger partial charge in [0.1, 0.15) is 0 Å². The Morgan fingerprint density at radius 1 is 1.14 bits per heavy atom. The van der Waals surface area contributed by atoms with Gasteiger partial charge in [-0.2, -0.15) is 13.2 Å². The molecule has 0 aliphatic heterocycles. The van der Waals surface area contributed by atoms with E-state index in [2.05, 4.69) is 10.0 Å². The van der Waals surface area contributed by atoms with Crippen molar-refractivity contribution >= 4 is 21.8 Å². The van der Waals surface area contributed by atoms with E-state index in [0.29, 0.717) is 19.7 Å². The fourth-order valence-electron chi connectivity index (χ4n) is 1.48. The molecule has 0 atom stereocenters. The zero-order valence-corrected chi connectivity index (χ0v) is 13.4. The molecule has 0 bridgehead atoms. The van der Waals surface area contributed by atoms with Gasteiger partial charge in [-0.3, -0.25) is 0 Å². The van der Waals surface area contributed by atoms with Crippen LogP contribution in [0.5, 0.6) is 0 Å². The third kappa shape index (κ3) is 7.45. The van der Waals surface area contributed by atoms with Crippen LogP contribution in [0, 0.1) is 0 Å². The van der Waals surface area contributed by atoms with Gasteiger partial charge in [-0.1, -0.05) is 0 Å². The maximum absolute atomic E-state index is 12.2. The number of alkyl halides is 3. The fourth-order valence-corrected chi connectivity index (χ4v) is 3.05. The van der Waals surface area contributed by atoms with Gasteiger partial charge in [0.25, 0.3) is 0 Å². The zero-order valence-electron chi connectivity index (χ0n) is 11.8. The molecule has 2 N–H and O–H groups in total. The first-order valence-corrected chi connectivity index (χ1v) is 8.60. The van der Waals surface area contributed by atoms with E-state index in [-0.39, 0.29) is 28.1 Å². The molecule has 1 rings (SSSR count). The molecule has 0 aromatic heterocycles. The molecule has 0 aliphatic rings. The number of hydrogen-bond donors (Lipinski definition) is 2. The van der Waals surface area contributed by atoms with E-state index in [1.54, 1.807) is 7.11 Å². The van der Waals surface area contributed by atoms with Gasteiger partial charge in [0.05, 0.1) is 11.5 Å². The Kier molecular flexibility index (Phi) is 7.63. The third-order valence-electron chi connectivity index (χ3n) is 2.44. The molecule has 126 valence electrons. The minimum Gasteiger partial charge on any atom is -0.383 e. The summed E-state index contributed by atoms with van der Waals surface area (Å²) < 4.78 is 67.6. The first-order valence-electron chi connectivity index (χ1n) is 6.30. The van der Waals surface area contributed by atoms with Gasteiger partial charge < -0.3 is 10.1 Å². The quantitative estimate of drug-likeness (QED) is 0.521. The molecule has 0 amide bonds. The highest BCUT2D eigenvalue weighted by atomic mass is 32.2. The van der Waals surface area contributed by atoms with Crippen molar-refractivity contribution in [2.75, 3.05) is 33.4 Å². The molecule has 0 heterocycles. The maximum atomic E-state index is 12.2. The van der Waals surface area contributed by atoms with Crippen molar-refractivity contribution < 1.29 is 26.3 Å². The molecule has 5 nitrogen and oxygen atoms in total. The number of nitrogens with one attached hydrogen (secondary N) is 2. The number of benzene rings is 1. The average molecular weight is 358 g/mol.